The van der Waals surface area contributed by atoms with Crippen LogP contribution < -0.4 is 0 Å². The summed E-state index contributed by atoms with van der Waals surface area (Å²) in [6.45, 7) is 0. The van der Waals surface area contributed by atoms with E-state index in [4.69, 9.17) is 29.6 Å². The van der Waals surface area contributed by atoms with Crippen molar-refractivity contribution in [3.63, 3.8) is 0 Å². The van der Waals surface area contributed by atoms with Crippen molar-refractivity contribution >= 4 is 35.0 Å². The molecule has 0 amide bonds. The molecule has 0 aliphatic heterocycles. The van der Waals surface area contributed by atoms with Crippen LogP contribution in [0.4, 0.5) is 0 Å². The van der Waals surface area contributed by atoms with Crippen molar-refractivity contribution in [1.82, 2.24) is 0 Å². The number of ether oxygens (including phenoxy) is 1. The molecule has 1 aromatic carbocycles. The molecule has 1 rings (SSSR count). The third-order valence-electron chi connectivity index (χ3n) is 2.82. The first-order valence-corrected chi connectivity index (χ1v) is 6.77. The van der Waals surface area contributed by atoms with E-state index in [1.165, 1.54) is 25.3 Å². The van der Waals surface area contributed by atoms with Crippen molar-refractivity contribution in [2.45, 2.75) is 19.3 Å². The van der Waals surface area contributed by atoms with Crippen LogP contribution in [0.2, 0.25) is 10.0 Å². The number of rotatable bonds is 6. The maximum atomic E-state index is 12.3. The van der Waals surface area contributed by atoms with Gasteiger partial charge in [0, 0.05) is 12.0 Å². The number of hydrogen-bond donors (Lipinski definition) is 0. The smallest absolute Gasteiger partial charge is 0.316 e. The van der Waals surface area contributed by atoms with E-state index in [9.17, 15) is 9.59 Å². The fourth-order valence-corrected chi connectivity index (χ4v) is 2.06. The monoisotopic (exact) mass is 312 g/mol. The molecule has 0 aromatic heterocycles. The van der Waals surface area contributed by atoms with E-state index in [1.807, 2.05) is 0 Å². The normalized spacial score (nSPS) is 11.5. The van der Waals surface area contributed by atoms with Crippen molar-refractivity contribution in [3.8, 4) is 12.3 Å². The number of methoxy groups -OCH3 is 1. The molecule has 0 heterocycles. The maximum Gasteiger partial charge on any atom is 0.316 e. The molecule has 0 aliphatic rings. The fraction of sp³-hybridized carbons (Fsp3) is 0.333. The Hall–Kier alpha value is -1.50. The van der Waals surface area contributed by atoms with Gasteiger partial charge in [-0.05, 0) is 31.0 Å². The molecular formula is C15H14Cl2O3. The van der Waals surface area contributed by atoms with Crippen molar-refractivity contribution in [2.75, 3.05) is 7.11 Å². The molecule has 0 spiro atoms. The van der Waals surface area contributed by atoms with Gasteiger partial charge in [-0.25, -0.2) is 0 Å². The molecule has 1 unspecified atom stereocenters. The first kappa shape index (κ1) is 16.6. The van der Waals surface area contributed by atoms with Crippen LogP contribution in [-0.4, -0.2) is 18.9 Å². The maximum absolute atomic E-state index is 12.3. The first-order chi connectivity index (χ1) is 9.51. The number of benzene rings is 1. The van der Waals surface area contributed by atoms with Crippen molar-refractivity contribution in [1.29, 1.82) is 0 Å². The first-order valence-electron chi connectivity index (χ1n) is 6.01. The minimum Gasteiger partial charge on any atom is -0.468 e. The highest BCUT2D eigenvalue weighted by Crippen LogP contribution is 2.25. The summed E-state index contributed by atoms with van der Waals surface area (Å²) in [5.41, 5.74) is 0.329. The summed E-state index contributed by atoms with van der Waals surface area (Å²) < 4.78 is 4.67. The van der Waals surface area contributed by atoms with Gasteiger partial charge in [-0.2, -0.15) is 0 Å². The summed E-state index contributed by atoms with van der Waals surface area (Å²) in [6, 6.07) is 4.50. The number of carbonyl (C=O) groups excluding carboxylic acids is 2. The Balaban J connectivity index is 2.94. The van der Waals surface area contributed by atoms with E-state index in [1.54, 1.807) is 0 Å². The molecule has 1 aromatic rings. The SMILES string of the molecule is C#CCCCC(C(=O)OC)C(=O)c1ccc(Cl)c(Cl)c1. The summed E-state index contributed by atoms with van der Waals surface area (Å²) in [4.78, 5) is 24.1. The van der Waals surface area contributed by atoms with Crippen LogP contribution in [0.1, 0.15) is 29.6 Å². The summed E-state index contributed by atoms with van der Waals surface area (Å²) in [5, 5.41) is 0.620. The molecule has 0 radical (unpaired) electrons. The number of carbonyl (C=O) groups is 2. The lowest BCUT2D eigenvalue weighted by Gasteiger charge is -2.13. The van der Waals surface area contributed by atoms with Crippen molar-refractivity contribution < 1.29 is 14.3 Å². The molecule has 0 saturated carbocycles. The van der Waals surface area contributed by atoms with E-state index in [0.29, 0.717) is 29.8 Å². The quantitative estimate of drug-likeness (QED) is 0.264. The van der Waals surface area contributed by atoms with E-state index >= 15 is 0 Å². The number of ketones is 1. The van der Waals surface area contributed by atoms with E-state index in [0.717, 1.165) is 0 Å². The van der Waals surface area contributed by atoms with Gasteiger partial charge < -0.3 is 4.74 Å². The molecule has 0 saturated heterocycles. The number of hydrogen-bond acceptors (Lipinski definition) is 3. The highest BCUT2D eigenvalue weighted by molar-refractivity contribution is 6.42. The van der Waals surface area contributed by atoms with Gasteiger partial charge in [-0.1, -0.05) is 23.2 Å². The van der Waals surface area contributed by atoms with Gasteiger partial charge in [0.2, 0.25) is 0 Å². The predicted octanol–water partition coefficient (Wildman–Crippen LogP) is 3.77. The van der Waals surface area contributed by atoms with Gasteiger partial charge in [0.25, 0.3) is 0 Å². The Kier molecular flexibility index (Phi) is 6.57. The lowest BCUT2D eigenvalue weighted by molar-refractivity contribution is -0.143. The second-order valence-corrected chi connectivity index (χ2v) is 4.98. The minimum atomic E-state index is -0.870. The summed E-state index contributed by atoms with van der Waals surface area (Å²) in [5.74, 6) is 0.692. The van der Waals surface area contributed by atoms with Crippen LogP contribution in [0, 0.1) is 18.3 Å². The van der Waals surface area contributed by atoms with E-state index in [-0.39, 0.29) is 10.8 Å². The fourth-order valence-electron chi connectivity index (χ4n) is 1.76. The van der Waals surface area contributed by atoms with Crippen molar-refractivity contribution in [3.05, 3.63) is 33.8 Å². The van der Waals surface area contributed by atoms with Crippen LogP contribution in [-0.2, 0) is 9.53 Å². The molecule has 20 heavy (non-hydrogen) atoms. The lowest BCUT2D eigenvalue weighted by Crippen LogP contribution is -2.25. The lowest BCUT2D eigenvalue weighted by atomic mass is 9.92. The molecule has 3 nitrogen and oxygen atoms in total. The number of terminal acetylenes is 1. The van der Waals surface area contributed by atoms with Gasteiger partial charge in [0.05, 0.1) is 17.2 Å². The zero-order valence-electron chi connectivity index (χ0n) is 11.0. The Labute approximate surface area is 128 Å². The van der Waals surface area contributed by atoms with Gasteiger partial charge in [0.15, 0.2) is 5.78 Å². The van der Waals surface area contributed by atoms with Crippen molar-refractivity contribution in [2.24, 2.45) is 5.92 Å². The van der Waals surface area contributed by atoms with Crippen LogP contribution >= 0.6 is 23.2 Å². The molecular weight excluding hydrogens is 299 g/mol. The standard InChI is InChI=1S/C15H14Cl2O3/c1-3-4-5-6-11(15(19)20-2)14(18)10-7-8-12(16)13(17)9-10/h1,7-9,11H,4-6H2,2H3. The summed E-state index contributed by atoms with van der Waals surface area (Å²) >= 11 is 11.7. The third kappa shape index (κ3) is 4.26. The predicted molar refractivity (Wildman–Crippen MR) is 79.0 cm³/mol. The Morgan fingerprint density at radius 2 is 2.05 bits per heavy atom. The Morgan fingerprint density at radius 1 is 1.35 bits per heavy atom. The summed E-state index contributed by atoms with van der Waals surface area (Å²) in [7, 11) is 1.25. The molecule has 0 bridgehead atoms. The molecule has 0 aliphatic carbocycles. The zero-order chi connectivity index (χ0) is 15.1. The van der Waals surface area contributed by atoms with Gasteiger partial charge >= 0.3 is 5.97 Å². The van der Waals surface area contributed by atoms with E-state index < -0.39 is 11.9 Å². The third-order valence-corrected chi connectivity index (χ3v) is 3.56. The number of Topliss-reactive ketones (excluding diaryl/α,β-unsaturated/α-hetero) is 1. The zero-order valence-corrected chi connectivity index (χ0v) is 12.5. The molecule has 106 valence electrons. The van der Waals surface area contributed by atoms with Gasteiger partial charge in [-0.3, -0.25) is 9.59 Å². The average Bonchev–Trinajstić information content (AvgIpc) is 2.45. The number of halogens is 2. The van der Waals surface area contributed by atoms with Crippen LogP contribution in [0.25, 0.3) is 0 Å². The second kappa shape index (κ2) is 7.94. The van der Waals surface area contributed by atoms with Crippen LogP contribution in [0.3, 0.4) is 0 Å². The minimum absolute atomic E-state index is 0.268. The van der Waals surface area contributed by atoms with Crippen LogP contribution in [0.15, 0.2) is 18.2 Å². The number of unbranched alkanes of at least 4 members (excludes halogenated alkanes) is 1. The van der Waals surface area contributed by atoms with Gasteiger partial charge in [-0.15, -0.1) is 12.3 Å². The topological polar surface area (TPSA) is 43.4 Å². The highest BCUT2D eigenvalue weighted by Gasteiger charge is 2.28. The van der Waals surface area contributed by atoms with E-state index in [2.05, 4.69) is 10.7 Å². The molecule has 0 N–H and O–H groups in total. The second-order valence-electron chi connectivity index (χ2n) is 4.17. The molecule has 5 heteroatoms. The Morgan fingerprint density at radius 3 is 2.60 bits per heavy atom. The average molecular weight is 313 g/mol. The summed E-state index contributed by atoms with van der Waals surface area (Å²) in [6.07, 6.45) is 6.58. The van der Waals surface area contributed by atoms with Gasteiger partial charge in [0.1, 0.15) is 5.92 Å². The highest BCUT2D eigenvalue weighted by atomic mass is 35.5. The Bertz CT molecular complexity index is 547. The molecule has 0 fully saturated rings. The largest absolute Gasteiger partial charge is 0.468 e. The molecule has 1 atom stereocenters. The number of esters is 1. The van der Waals surface area contributed by atoms with Crippen LogP contribution in [0.5, 0.6) is 0 Å².